The fraction of sp³-hybridized carbons (Fsp3) is 0.455. The van der Waals surface area contributed by atoms with Gasteiger partial charge in [-0.2, -0.15) is 4.39 Å². The van der Waals surface area contributed by atoms with E-state index in [2.05, 4.69) is 9.97 Å². The first kappa shape index (κ1) is 16.9. The fourth-order valence-electron chi connectivity index (χ4n) is 1.20. The summed E-state index contributed by atoms with van der Waals surface area (Å²) in [5.74, 6) is -3.22. The van der Waals surface area contributed by atoms with Crippen molar-refractivity contribution in [3.05, 3.63) is 23.0 Å². The van der Waals surface area contributed by atoms with Gasteiger partial charge >= 0.3 is 5.97 Å². The summed E-state index contributed by atoms with van der Waals surface area (Å²) in [5, 5.41) is 8.58. The molecule has 0 bridgehead atoms. The van der Waals surface area contributed by atoms with E-state index in [4.69, 9.17) is 16.6 Å². The average Bonchev–Trinajstić information content (AvgIpc) is 2.35. The lowest BCUT2D eigenvalue weighted by Crippen LogP contribution is -2.33. The van der Waals surface area contributed by atoms with E-state index in [1.54, 1.807) is 0 Å². The molecule has 19 heavy (non-hydrogen) atoms. The molecule has 1 atom stereocenters. The van der Waals surface area contributed by atoms with Crippen molar-refractivity contribution in [2.75, 3.05) is 0 Å². The van der Waals surface area contributed by atoms with Gasteiger partial charge < -0.3 is 16.6 Å². The number of hydrogen-bond donors (Lipinski definition) is 3. The van der Waals surface area contributed by atoms with Crippen molar-refractivity contribution >= 4 is 11.9 Å². The van der Waals surface area contributed by atoms with Crippen LogP contribution in [0.4, 0.5) is 4.39 Å². The van der Waals surface area contributed by atoms with E-state index in [1.165, 1.54) is 6.92 Å². The number of aliphatic carboxylic acids is 1. The van der Waals surface area contributed by atoms with Crippen molar-refractivity contribution < 1.29 is 19.1 Å². The number of amides is 1. The summed E-state index contributed by atoms with van der Waals surface area (Å²) in [6.45, 7) is 5.42. The predicted octanol–water partition coefficient (Wildman–Crippen LogP) is 0.00362. The zero-order valence-corrected chi connectivity index (χ0v) is 11.0. The SMILES string of the molecule is CC.Cc1nc(CC(N)C(=O)O)c(F)nc1C(N)=O. The molecule has 0 aliphatic heterocycles. The molecule has 1 unspecified atom stereocenters. The first-order valence-corrected chi connectivity index (χ1v) is 5.64. The maximum Gasteiger partial charge on any atom is 0.320 e. The number of primary amides is 1. The van der Waals surface area contributed by atoms with Gasteiger partial charge in [-0.3, -0.25) is 14.6 Å². The van der Waals surface area contributed by atoms with E-state index >= 15 is 0 Å². The summed E-state index contributed by atoms with van der Waals surface area (Å²) in [6, 6.07) is -1.28. The molecule has 7 nitrogen and oxygen atoms in total. The summed E-state index contributed by atoms with van der Waals surface area (Å²) < 4.78 is 13.4. The summed E-state index contributed by atoms with van der Waals surface area (Å²) in [4.78, 5) is 28.4. The quantitative estimate of drug-likeness (QED) is 0.706. The first-order chi connectivity index (χ1) is 8.82. The number of nitrogens with zero attached hydrogens (tertiary/aromatic N) is 2. The van der Waals surface area contributed by atoms with Gasteiger partial charge in [-0.15, -0.1) is 0 Å². The Hall–Kier alpha value is -2.09. The summed E-state index contributed by atoms with van der Waals surface area (Å²) >= 11 is 0. The molecule has 1 aromatic rings. The number of aryl methyl sites for hydroxylation is 1. The Balaban J connectivity index is 0.00000154. The van der Waals surface area contributed by atoms with Gasteiger partial charge in [0.1, 0.15) is 6.04 Å². The second-order valence-electron chi connectivity index (χ2n) is 3.41. The maximum absolute atomic E-state index is 13.4. The molecule has 0 aliphatic rings. The van der Waals surface area contributed by atoms with E-state index in [0.717, 1.165) is 0 Å². The normalized spacial score (nSPS) is 11.2. The van der Waals surface area contributed by atoms with Gasteiger partial charge in [0, 0.05) is 6.42 Å². The van der Waals surface area contributed by atoms with Crippen LogP contribution in [-0.4, -0.2) is 33.0 Å². The number of aromatic nitrogens is 2. The van der Waals surface area contributed by atoms with Crippen LogP contribution in [-0.2, 0) is 11.2 Å². The minimum absolute atomic E-state index is 0.131. The first-order valence-electron chi connectivity index (χ1n) is 5.64. The summed E-state index contributed by atoms with van der Waals surface area (Å²) in [6.07, 6.45) is -0.311. The highest BCUT2D eigenvalue weighted by molar-refractivity contribution is 5.91. The van der Waals surface area contributed by atoms with E-state index in [0.29, 0.717) is 0 Å². The van der Waals surface area contributed by atoms with Crippen LogP contribution in [0.15, 0.2) is 0 Å². The standard InChI is InChI=1S/C9H11FN4O3.C2H6/c1-3-6(8(12)15)14-7(10)5(13-3)2-4(11)9(16)17;1-2/h4H,2,11H2,1H3,(H2,12,15)(H,16,17);1-2H3. The van der Waals surface area contributed by atoms with E-state index < -0.39 is 23.9 Å². The second kappa shape index (κ2) is 7.37. The topological polar surface area (TPSA) is 132 Å². The number of halogens is 1. The van der Waals surface area contributed by atoms with Crippen molar-refractivity contribution in [2.45, 2.75) is 33.2 Å². The molecular formula is C11H17FN4O3. The van der Waals surface area contributed by atoms with Crippen molar-refractivity contribution in [1.82, 2.24) is 9.97 Å². The highest BCUT2D eigenvalue weighted by Gasteiger charge is 2.19. The molecule has 1 heterocycles. The third kappa shape index (κ3) is 4.59. The largest absolute Gasteiger partial charge is 0.480 e. The van der Waals surface area contributed by atoms with Crippen molar-refractivity contribution in [2.24, 2.45) is 11.5 Å². The van der Waals surface area contributed by atoms with Crippen LogP contribution >= 0.6 is 0 Å². The minimum atomic E-state index is -1.28. The van der Waals surface area contributed by atoms with Crippen LogP contribution in [0.2, 0.25) is 0 Å². The van der Waals surface area contributed by atoms with Gasteiger partial charge in [-0.25, -0.2) is 4.98 Å². The third-order valence-corrected chi connectivity index (χ3v) is 2.06. The Morgan fingerprint density at radius 3 is 2.32 bits per heavy atom. The highest BCUT2D eigenvalue weighted by Crippen LogP contribution is 2.09. The molecule has 1 amide bonds. The van der Waals surface area contributed by atoms with Crippen molar-refractivity contribution in [3.63, 3.8) is 0 Å². The lowest BCUT2D eigenvalue weighted by atomic mass is 10.1. The molecule has 0 fully saturated rings. The number of carbonyl (C=O) groups excluding carboxylic acids is 1. The van der Waals surface area contributed by atoms with Crippen LogP contribution in [0, 0.1) is 12.9 Å². The van der Waals surface area contributed by atoms with Crippen LogP contribution in [0.1, 0.15) is 35.7 Å². The number of hydrogen-bond acceptors (Lipinski definition) is 5. The summed E-state index contributed by atoms with van der Waals surface area (Å²) in [5.41, 5.74) is 9.84. The van der Waals surface area contributed by atoms with Crippen LogP contribution < -0.4 is 11.5 Å². The number of carbonyl (C=O) groups is 2. The second-order valence-corrected chi connectivity index (χ2v) is 3.41. The third-order valence-electron chi connectivity index (χ3n) is 2.06. The molecule has 106 valence electrons. The van der Waals surface area contributed by atoms with Gasteiger partial charge in [-0.05, 0) is 6.92 Å². The minimum Gasteiger partial charge on any atom is -0.480 e. The molecule has 5 N–H and O–H groups in total. The van der Waals surface area contributed by atoms with E-state index in [1.807, 2.05) is 13.8 Å². The molecule has 1 aromatic heterocycles. The predicted molar refractivity (Wildman–Crippen MR) is 65.9 cm³/mol. The van der Waals surface area contributed by atoms with E-state index in [9.17, 15) is 14.0 Å². The highest BCUT2D eigenvalue weighted by atomic mass is 19.1. The van der Waals surface area contributed by atoms with Crippen LogP contribution in [0.25, 0.3) is 0 Å². The van der Waals surface area contributed by atoms with Gasteiger partial charge in [0.05, 0.1) is 11.4 Å². The Kier molecular flexibility index (Phi) is 6.56. The number of carboxylic acid groups (broad SMARTS) is 1. The molecule has 0 spiro atoms. The molecule has 0 saturated heterocycles. The fourth-order valence-corrected chi connectivity index (χ4v) is 1.20. The Morgan fingerprint density at radius 1 is 1.37 bits per heavy atom. The van der Waals surface area contributed by atoms with Gasteiger partial charge in [0.15, 0.2) is 5.69 Å². The number of carboxylic acids is 1. The summed E-state index contributed by atoms with van der Waals surface area (Å²) in [7, 11) is 0. The molecule has 0 saturated carbocycles. The lowest BCUT2D eigenvalue weighted by Gasteiger charge is -2.08. The Labute approximate surface area is 109 Å². The van der Waals surface area contributed by atoms with Crippen molar-refractivity contribution in [1.29, 1.82) is 0 Å². The monoisotopic (exact) mass is 272 g/mol. The Bertz CT molecular complexity index is 479. The number of nitrogens with two attached hydrogens (primary N) is 2. The van der Waals surface area contributed by atoms with Gasteiger partial charge in [-0.1, -0.05) is 13.8 Å². The molecule has 0 aliphatic carbocycles. The molecule has 0 aromatic carbocycles. The van der Waals surface area contributed by atoms with Crippen LogP contribution in [0.3, 0.4) is 0 Å². The lowest BCUT2D eigenvalue weighted by molar-refractivity contribution is -0.138. The number of rotatable bonds is 4. The zero-order chi connectivity index (χ0) is 15.2. The average molecular weight is 272 g/mol. The van der Waals surface area contributed by atoms with Gasteiger partial charge in [0.25, 0.3) is 5.91 Å². The Morgan fingerprint density at radius 2 is 1.89 bits per heavy atom. The smallest absolute Gasteiger partial charge is 0.320 e. The molecule has 8 heteroatoms. The van der Waals surface area contributed by atoms with E-state index in [-0.39, 0.29) is 23.5 Å². The van der Waals surface area contributed by atoms with Crippen LogP contribution in [0.5, 0.6) is 0 Å². The van der Waals surface area contributed by atoms with Crippen molar-refractivity contribution in [3.8, 4) is 0 Å². The zero-order valence-electron chi connectivity index (χ0n) is 11.0. The maximum atomic E-state index is 13.4. The molecule has 1 rings (SSSR count). The molecular weight excluding hydrogens is 255 g/mol. The molecule has 0 radical (unpaired) electrons. The van der Waals surface area contributed by atoms with Gasteiger partial charge in [0.2, 0.25) is 5.95 Å².